The first-order valence-corrected chi connectivity index (χ1v) is 25.4. The van der Waals surface area contributed by atoms with Gasteiger partial charge in [0.2, 0.25) is 0 Å². The van der Waals surface area contributed by atoms with Gasteiger partial charge >= 0.3 is 0 Å². The van der Waals surface area contributed by atoms with E-state index in [0.29, 0.717) is 29.6 Å². The van der Waals surface area contributed by atoms with Gasteiger partial charge in [-0.05, 0) is 155 Å². The van der Waals surface area contributed by atoms with Crippen LogP contribution in [0, 0.1) is 0 Å². The number of rotatable bonds is 11. The fraction of sp³-hybridized carbons (Fsp3) is 0.397. The van der Waals surface area contributed by atoms with E-state index in [-0.39, 0.29) is 5.41 Å². The van der Waals surface area contributed by atoms with E-state index in [1.165, 1.54) is 153 Å². The Kier molecular flexibility index (Phi) is 13.0. The average molecular weight is 859 g/mol. The third-order valence-electron chi connectivity index (χ3n) is 15.2. The summed E-state index contributed by atoms with van der Waals surface area (Å²) >= 11 is 0. The van der Waals surface area contributed by atoms with E-state index >= 15 is 0 Å². The molecule has 2 saturated carbocycles. The summed E-state index contributed by atoms with van der Waals surface area (Å²) in [5.41, 5.74) is 15.6. The van der Waals surface area contributed by atoms with Crippen LogP contribution in [0.25, 0.3) is 21.5 Å². The van der Waals surface area contributed by atoms with Gasteiger partial charge < -0.3 is 9.80 Å². The molecule has 0 unspecified atom stereocenters. The Hall–Kier alpha value is -5.34. The predicted octanol–water partition coefficient (Wildman–Crippen LogP) is 19.7. The molecule has 0 saturated heterocycles. The van der Waals surface area contributed by atoms with Gasteiger partial charge in [-0.1, -0.05) is 174 Å². The molecule has 0 N–H and O–H groups in total. The fourth-order valence-corrected chi connectivity index (χ4v) is 11.0. The highest BCUT2D eigenvalue weighted by molar-refractivity contribution is 6.23. The van der Waals surface area contributed by atoms with Crippen molar-refractivity contribution >= 4 is 55.7 Å². The van der Waals surface area contributed by atoms with Crippen molar-refractivity contribution in [2.75, 3.05) is 9.80 Å². The number of hydrogen-bond acceptors (Lipinski definition) is 2. The van der Waals surface area contributed by atoms with Gasteiger partial charge in [0.25, 0.3) is 0 Å². The van der Waals surface area contributed by atoms with Crippen molar-refractivity contribution in [3.8, 4) is 0 Å². The SMILES string of the molecule is CC(C)c1ccc(N(c2ccc(C3CCCCC3)cc2)c2c3ccc(C(C)(C)C)cc3c(N(c3ccc(C(C)C)cc3)c3ccc(C4CCCCC4)cc3)c3ccc(C(C)C)cc23)cc1. The molecule has 0 atom stereocenters. The van der Waals surface area contributed by atoms with E-state index in [9.17, 15) is 0 Å². The molecule has 0 radical (unpaired) electrons. The monoisotopic (exact) mass is 859 g/mol. The molecule has 7 aromatic carbocycles. The van der Waals surface area contributed by atoms with Gasteiger partial charge in [-0.15, -0.1) is 0 Å². The lowest BCUT2D eigenvalue weighted by Gasteiger charge is -2.34. The summed E-state index contributed by atoms with van der Waals surface area (Å²) < 4.78 is 0. The molecule has 2 aliphatic rings. The summed E-state index contributed by atoms with van der Waals surface area (Å²) in [5.74, 6) is 2.58. The van der Waals surface area contributed by atoms with E-state index in [1.54, 1.807) is 0 Å². The van der Waals surface area contributed by atoms with Crippen molar-refractivity contribution in [1.82, 2.24) is 0 Å². The van der Waals surface area contributed by atoms with Crippen molar-refractivity contribution in [2.45, 2.75) is 162 Å². The van der Waals surface area contributed by atoms with Gasteiger partial charge in [0, 0.05) is 44.3 Å². The molecule has 2 heteroatoms. The topological polar surface area (TPSA) is 6.48 Å². The van der Waals surface area contributed by atoms with Gasteiger partial charge in [0.15, 0.2) is 0 Å². The maximum atomic E-state index is 2.59. The Morgan fingerprint density at radius 2 is 0.708 bits per heavy atom. The standard InChI is InChI=1S/C63H74N2/c1-42(2)45-20-30-53(31-21-45)64(55-34-24-49(25-35-55)47-16-12-10-13-17-47)61-58-39-29-52(63(7,8)9)41-60(58)62(57-38-28-51(44(5)6)40-59(57)61)65(54-32-22-46(23-33-54)43(3)4)56-36-26-50(27-37-56)48-18-14-11-15-19-48/h20-44,47-48H,10-19H2,1-9H3. The molecule has 9 rings (SSSR count). The van der Waals surface area contributed by atoms with Crippen molar-refractivity contribution in [3.63, 3.8) is 0 Å². The van der Waals surface area contributed by atoms with Crippen LogP contribution in [-0.2, 0) is 5.41 Å². The maximum absolute atomic E-state index is 2.59. The van der Waals surface area contributed by atoms with Crippen molar-refractivity contribution < 1.29 is 0 Å². The lowest BCUT2D eigenvalue weighted by Crippen LogP contribution is -2.16. The Bertz CT molecular complexity index is 2700. The third-order valence-corrected chi connectivity index (χ3v) is 15.2. The minimum absolute atomic E-state index is 0.0468. The highest BCUT2D eigenvalue weighted by Gasteiger charge is 2.28. The minimum atomic E-state index is -0.0468. The molecule has 0 bridgehead atoms. The molecule has 0 aliphatic heterocycles. The van der Waals surface area contributed by atoms with Gasteiger partial charge in [0.05, 0.1) is 11.4 Å². The normalized spacial score (nSPS) is 15.4. The molecule has 2 aliphatic carbocycles. The van der Waals surface area contributed by atoms with Crippen molar-refractivity contribution in [1.29, 1.82) is 0 Å². The zero-order chi connectivity index (χ0) is 45.4. The van der Waals surface area contributed by atoms with Crippen molar-refractivity contribution in [3.05, 3.63) is 167 Å². The van der Waals surface area contributed by atoms with Crippen LogP contribution in [0.5, 0.6) is 0 Å². The number of benzene rings is 7. The third kappa shape index (κ3) is 9.25. The molecular formula is C63H74N2. The van der Waals surface area contributed by atoms with Crippen LogP contribution >= 0.6 is 0 Å². The highest BCUT2D eigenvalue weighted by Crippen LogP contribution is 2.53. The summed E-state index contributed by atoms with van der Waals surface area (Å²) in [5, 5.41) is 5.06. The number of nitrogens with zero attached hydrogens (tertiary/aromatic N) is 2. The van der Waals surface area contributed by atoms with E-state index < -0.39 is 0 Å². The number of hydrogen-bond donors (Lipinski definition) is 0. The highest BCUT2D eigenvalue weighted by atomic mass is 15.2. The average Bonchev–Trinajstić information content (AvgIpc) is 3.33. The lowest BCUT2D eigenvalue weighted by atomic mass is 9.83. The molecule has 0 heterocycles. The van der Waals surface area contributed by atoms with E-state index in [0.717, 1.165) is 0 Å². The van der Waals surface area contributed by atoms with Crippen LogP contribution in [0.2, 0.25) is 0 Å². The van der Waals surface area contributed by atoms with Gasteiger partial charge in [-0.2, -0.15) is 0 Å². The molecule has 65 heavy (non-hydrogen) atoms. The summed E-state index contributed by atoms with van der Waals surface area (Å²) in [6, 6.07) is 53.0. The summed E-state index contributed by atoms with van der Waals surface area (Å²) in [6.45, 7) is 20.9. The van der Waals surface area contributed by atoms with E-state index in [4.69, 9.17) is 0 Å². The zero-order valence-electron chi connectivity index (χ0n) is 41.1. The first kappa shape index (κ1) is 44.8. The Balaban J connectivity index is 1.36. The Labute approximate surface area is 392 Å². The molecule has 0 spiro atoms. The van der Waals surface area contributed by atoms with Gasteiger partial charge in [0.1, 0.15) is 0 Å². The van der Waals surface area contributed by atoms with Crippen LogP contribution < -0.4 is 9.80 Å². The van der Waals surface area contributed by atoms with Crippen LogP contribution in [0.4, 0.5) is 34.1 Å². The summed E-state index contributed by atoms with van der Waals surface area (Å²) in [7, 11) is 0. The van der Waals surface area contributed by atoms with Crippen molar-refractivity contribution in [2.24, 2.45) is 0 Å². The van der Waals surface area contributed by atoms with Crippen LogP contribution in [0.3, 0.4) is 0 Å². The second-order valence-electron chi connectivity index (χ2n) is 21.7. The first-order valence-electron chi connectivity index (χ1n) is 25.4. The lowest BCUT2D eigenvalue weighted by molar-refractivity contribution is 0.443. The van der Waals surface area contributed by atoms with Crippen LogP contribution in [-0.4, -0.2) is 0 Å². The quantitative estimate of drug-likeness (QED) is 0.0944. The summed E-state index contributed by atoms with van der Waals surface area (Å²) in [4.78, 5) is 5.18. The summed E-state index contributed by atoms with van der Waals surface area (Å²) in [6.07, 6.45) is 13.3. The molecule has 7 aromatic rings. The molecule has 2 fully saturated rings. The number of anilines is 6. The largest absolute Gasteiger partial charge is 0.309 e. The molecular weight excluding hydrogens is 785 g/mol. The van der Waals surface area contributed by atoms with E-state index in [2.05, 4.69) is 206 Å². The maximum Gasteiger partial charge on any atom is 0.0620 e. The zero-order valence-corrected chi connectivity index (χ0v) is 41.1. The minimum Gasteiger partial charge on any atom is -0.309 e. The molecule has 2 nitrogen and oxygen atoms in total. The van der Waals surface area contributed by atoms with Crippen LogP contribution in [0.15, 0.2) is 133 Å². The van der Waals surface area contributed by atoms with Gasteiger partial charge in [-0.25, -0.2) is 0 Å². The predicted molar refractivity (Wildman–Crippen MR) is 283 cm³/mol. The Morgan fingerprint density at radius 1 is 0.369 bits per heavy atom. The van der Waals surface area contributed by atoms with Gasteiger partial charge in [-0.3, -0.25) is 0 Å². The smallest absolute Gasteiger partial charge is 0.0620 e. The first-order chi connectivity index (χ1) is 31.4. The second-order valence-corrected chi connectivity index (χ2v) is 21.7. The molecule has 336 valence electrons. The van der Waals surface area contributed by atoms with Crippen LogP contribution in [0.1, 0.15) is 189 Å². The second kappa shape index (κ2) is 18.9. The molecule has 0 amide bonds. The van der Waals surface area contributed by atoms with E-state index in [1.807, 2.05) is 0 Å². The molecule has 0 aromatic heterocycles. The Morgan fingerprint density at radius 3 is 1.08 bits per heavy atom. The fourth-order valence-electron chi connectivity index (χ4n) is 11.0. The number of fused-ring (bicyclic) bond motifs is 2.